The first-order valence-corrected chi connectivity index (χ1v) is 10.2. The Morgan fingerprint density at radius 3 is 1.89 bits per heavy atom. The van der Waals surface area contributed by atoms with Crippen LogP contribution in [0.1, 0.15) is 29.8 Å². The van der Waals surface area contributed by atoms with Crippen LogP contribution in [0.25, 0.3) is 0 Å². The van der Waals surface area contributed by atoms with E-state index in [0.29, 0.717) is 5.69 Å². The zero-order valence-electron chi connectivity index (χ0n) is 18.3. The smallest absolute Gasteiger partial charge is 0.416 e. The van der Waals surface area contributed by atoms with Gasteiger partial charge < -0.3 is 5.11 Å². The highest BCUT2D eigenvalue weighted by atomic mass is 19.4. The number of azo groups is 1. The lowest BCUT2D eigenvalue weighted by molar-refractivity contribution is -0.137. The molecule has 180 valence electrons. The number of carbonyl (C=O) groups excluding carboxylic acids is 2. The van der Waals surface area contributed by atoms with Gasteiger partial charge in [0.25, 0.3) is 11.8 Å². The molecular weight excluding hydrogens is 469 g/mol. The highest BCUT2D eigenvalue weighted by Gasteiger charge is 2.39. The normalized spacial score (nSPS) is 20.6. The predicted molar refractivity (Wildman–Crippen MR) is 118 cm³/mol. The third-order valence-electron chi connectivity index (χ3n) is 5.27. The van der Waals surface area contributed by atoms with Gasteiger partial charge in [-0.1, -0.05) is 6.07 Å². The summed E-state index contributed by atoms with van der Waals surface area (Å²) in [7, 11) is 0. The van der Waals surface area contributed by atoms with Crippen molar-refractivity contribution in [3.05, 3.63) is 59.7 Å². The molecule has 4 rings (SSSR count). The van der Waals surface area contributed by atoms with Crippen LogP contribution < -0.4 is 10.0 Å². The molecule has 1 N–H and O–H groups in total. The number of amides is 2. The molecule has 10 nitrogen and oxygen atoms in total. The van der Waals surface area contributed by atoms with Gasteiger partial charge in [-0.15, -0.1) is 0 Å². The number of rotatable bonds is 5. The molecule has 0 aromatic heterocycles. The number of anilines is 2. The molecule has 0 fully saturated rings. The Morgan fingerprint density at radius 1 is 0.886 bits per heavy atom. The Balaban J connectivity index is 1.51. The number of benzene rings is 2. The lowest BCUT2D eigenvalue weighted by Gasteiger charge is -2.15. The molecule has 0 spiro atoms. The van der Waals surface area contributed by atoms with Crippen molar-refractivity contribution in [2.75, 3.05) is 10.0 Å². The van der Waals surface area contributed by atoms with E-state index in [9.17, 15) is 27.6 Å². The maximum atomic E-state index is 13.0. The first-order valence-electron chi connectivity index (χ1n) is 10.2. The molecule has 35 heavy (non-hydrogen) atoms. The van der Waals surface area contributed by atoms with Crippen molar-refractivity contribution in [2.24, 2.45) is 20.4 Å². The number of alkyl halides is 3. The van der Waals surface area contributed by atoms with E-state index < -0.39 is 41.6 Å². The van der Waals surface area contributed by atoms with Crippen molar-refractivity contribution < 1.29 is 32.7 Å². The summed E-state index contributed by atoms with van der Waals surface area (Å²) in [6.45, 7) is 3.02. The number of carbonyl (C=O) groups is 3. The topological polar surface area (TPSA) is 127 Å². The van der Waals surface area contributed by atoms with Gasteiger partial charge in [0.15, 0.2) is 12.1 Å². The van der Waals surface area contributed by atoms with Crippen molar-refractivity contribution >= 4 is 40.6 Å². The average Bonchev–Trinajstić information content (AvgIpc) is 3.26. The summed E-state index contributed by atoms with van der Waals surface area (Å²) >= 11 is 0. The second kappa shape index (κ2) is 8.74. The molecule has 2 heterocycles. The molecule has 0 saturated carbocycles. The minimum atomic E-state index is -4.59. The van der Waals surface area contributed by atoms with E-state index in [1.165, 1.54) is 43.3 Å². The Morgan fingerprint density at radius 2 is 1.40 bits per heavy atom. The first-order chi connectivity index (χ1) is 16.5. The van der Waals surface area contributed by atoms with E-state index in [2.05, 4.69) is 20.4 Å². The molecule has 2 aromatic rings. The van der Waals surface area contributed by atoms with E-state index in [0.717, 1.165) is 22.2 Å². The molecule has 2 aliphatic heterocycles. The van der Waals surface area contributed by atoms with E-state index in [1.807, 2.05) is 0 Å². The lowest BCUT2D eigenvalue weighted by Crippen LogP contribution is -2.32. The molecule has 0 radical (unpaired) electrons. The van der Waals surface area contributed by atoms with Gasteiger partial charge in [-0.2, -0.15) is 43.6 Å². The fraction of sp³-hybridized carbons (Fsp3) is 0.227. The minimum absolute atomic E-state index is 0.0390. The van der Waals surface area contributed by atoms with E-state index in [4.69, 9.17) is 5.11 Å². The SMILES string of the molecule is CC1=NN(c2ccc(C(=O)O)cc2)C(=O)C1N=NC1C(=O)N(c2cccc(C(F)(F)F)c2)N=C1C. The van der Waals surface area contributed by atoms with Gasteiger partial charge in [0.1, 0.15) is 0 Å². The Kier molecular flexibility index (Phi) is 5.92. The Hall–Kier alpha value is -4.42. The molecule has 2 aliphatic rings. The third kappa shape index (κ3) is 4.52. The first kappa shape index (κ1) is 23.7. The molecular formula is C22H17F3N6O4. The fourth-order valence-electron chi connectivity index (χ4n) is 3.44. The van der Waals surface area contributed by atoms with Crippen molar-refractivity contribution in [1.82, 2.24) is 0 Å². The van der Waals surface area contributed by atoms with Crippen LogP contribution in [0.5, 0.6) is 0 Å². The monoisotopic (exact) mass is 486 g/mol. The molecule has 0 bridgehead atoms. The van der Waals surface area contributed by atoms with Crippen LogP contribution in [-0.2, 0) is 15.8 Å². The van der Waals surface area contributed by atoms with Crippen molar-refractivity contribution in [3.63, 3.8) is 0 Å². The second-order valence-corrected chi connectivity index (χ2v) is 7.72. The number of hydrogen-bond donors (Lipinski definition) is 1. The molecule has 2 amide bonds. The van der Waals surface area contributed by atoms with E-state index in [1.54, 1.807) is 6.92 Å². The van der Waals surface area contributed by atoms with E-state index >= 15 is 0 Å². The maximum absolute atomic E-state index is 13.0. The number of carboxylic acids is 1. The second-order valence-electron chi connectivity index (χ2n) is 7.72. The largest absolute Gasteiger partial charge is 0.478 e. The van der Waals surface area contributed by atoms with Crippen LogP contribution in [0.3, 0.4) is 0 Å². The lowest BCUT2D eigenvalue weighted by atomic mass is 10.1. The summed E-state index contributed by atoms with van der Waals surface area (Å²) in [4.78, 5) is 36.7. The van der Waals surface area contributed by atoms with Gasteiger partial charge >= 0.3 is 12.1 Å². The van der Waals surface area contributed by atoms with Gasteiger partial charge in [-0.3, -0.25) is 9.59 Å². The fourth-order valence-corrected chi connectivity index (χ4v) is 3.44. The third-order valence-corrected chi connectivity index (χ3v) is 5.27. The molecule has 0 saturated heterocycles. The predicted octanol–water partition coefficient (Wildman–Crippen LogP) is 3.74. The zero-order chi connectivity index (χ0) is 25.5. The van der Waals surface area contributed by atoms with Crippen LogP contribution >= 0.6 is 0 Å². The van der Waals surface area contributed by atoms with Gasteiger partial charge in [0, 0.05) is 0 Å². The van der Waals surface area contributed by atoms with Gasteiger partial charge in [-0.05, 0) is 56.3 Å². The number of hydrazone groups is 2. The quantitative estimate of drug-likeness (QED) is 0.646. The van der Waals surface area contributed by atoms with Crippen molar-refractivity contribution in [1.29, 1.82) is 0 Å². The minimum Gasteiger partial charge on any atom is -0.478 e. The summed E-state index contributed by atoms with van der Waals surface area (Å²) in [5.41, 5.74) is -0.166. The summed E-state index contributed by atoms with van der Waals surface area (Å²) in [5, 5.41) is 27.0. The van der Waals surface area contributed by atoms with Crippen molar-refractivity contribution in [3.8, 4) is 0 Å². The Labute approximate surface area is 196 Å². The number of halogens is 3. The summed E-state index contributed by atoms with van der Waals surface area (Å²) in [6.07, 6.45) is -4.59. The van der Waals surface area contributed by atoms with Crippen LogP contribution in [0.15, 0.2) is 69.0 Å². The number of nitrogens with zero attached hydrogens (tertiary/aromatic N) is 6. The summed E-state index contributed by atoms with van der Waals surface area (Å²) < 4.78 is 39.1. The summed E-state index contributed by atoms with van der Waals surface area (Å²) in [6, 6.07) is 7.31. The average molecular weight is 486 g/mol. The van der Waals surface area contributed by atoms with Gasteiger partial charge in [-0.25, -0.2) is 4.79 Å². The van der Waals surface area contributed by atoms with Crippen LogP contribution in [0, 0.1) is 0 Å². The highest BCUT2D eigenvalue weighted by Crippen LogP contribution is 2.33. The number of carboxylic acid groups (broad SMARTS) is 1. The van der Waals surface area contributed by atoms with Crippen LogP contribution in [0.4, 0.5) is 24.5 Å². The molecule has 0 aliphatic carbocycles. The van der Waals surface area contributed by atoms with Crippen LogP contribution in [-0.4, -0.2) is 46.4 Å². The zero-order valence-corrected chi connectivity index (χ0v) is 18.3. The molecule has 2 unspecified atom stereocenters. The van der Waals surface area contributed by atoms with Gasteiger partial charge in [0.05, 0.1) is 33.9 Å². The molecule has 13 heteroatoms. The summed E-state index contributed by atoms with van der Waals surface area (Å²) in [5.74, 6) is -2.40. The van der Waals surface area contributed by atoms with Crippen LogP contribution in [0.2, 0.25) is 0 Å². The van der Waals surface area contributed by atoms with Gasteiger partial charge in [0.2, 0.25) is 0 Å². The number of hydrogen-bond acceptors (Lipinski definition) is 7. The molecule has 2 aromatic carbocycles. The number of aromatic carboxylic acids is 1. The standard InChI is InChI=1S/C22H17F3N6O4/c1-11-17(19(32)30(28-11)15-8-6-13(7-9-15)21(34)35)26-27-18-12(2)29-31(20(18)33)16-5-3-4-14(10-16)22(23,24)25/h3-10,17-18H,1-2H3,(H,34,35). The maximum Gasteiger partial charge on any atom is 0.416 e. The Bertz CT molecular complexity index is 1300. The highest BCUT2D eigenvalue weighted by molar-refractivity contribution is 6.19. The molecule has 2 atom stereocenters. The van der Waals surface area contributed by atoms with Crippen molar-refractivity contribution in [2.45, 2.75) is 32.1 Å². The van der Waals surface area contributed by atoms with E-state index in [-0.39, 0.29) is 22.7 Å².